The maximum absolute atomic E-state index is 5.77. The number of nitrogens with one attached hydrogen (secondary N) is 1. The monoisotopic (exact) mass is 269 g/mol. The number of ether oxygens (including phenoxy) is 2. The third-order valence-electron chi connectivity index (χ3n) is 3.56. The number of hydrogen-bond donors (Lipinski definition) is 1. The van der Waals surface area contributed by atoms with Crippen molar-refractivity contribution in [2.75, 3.05) is 11.9 Å². The summed E-state index contributed by atoms with van der Waals surface area (Å²) in [5, 5.41) is 3.50. The predicted molar refractivity (Wildman–Crippen MR) is 80.4 cm³/mol. The normalized spacial score (nSPS) is 21.6. The summed E-state index contributed by atoms with van der Waals surface area (Å²) in [6, 6.07) is 18.3. The van der Waals surface area contributed by atoms with Crippen molar-refractivity contribution in [1.82, 2.24) is 0 Å². The molecule has 1 N–H and O–H groups in total. The summed E-state index contributed by atoms with van der Waals surface area (Å²) >= 11 is 0. The Balaban J connectivity index is 1.62. The summed E-state index contributed by atoms with van der Waals surface area (Å²) in [5.41, 5.74) is 1.10. The van der Waals surface area contributed by atoms with E-state index in [2.05, 4.69) is 12.2 Å². The quantitative estimate of drug-likeness (QED) is 0.907. The molecule has 0 bridgehead atoms. The van der Waals surface area contributed by atoms with E-state index in [0.717, 1.165) is 30.2 Å². The van der Waals surface area contributed by atoms with Crippen molar-refractivity contribution in [2.24, 2.45) is 0 Å². The molecule has 104 valence electrons. The molecule has 3 rings (SSSR count). The fraction of sp³-hybridized carbons (Fsp3) is 0.294. The summed E-state index contributed by atoms with van der Waals surface area (Å²) in [4.78, 5) is 0. The Kier molecular flexibility index (Phi) is 3.88. The molecule has 2 aromatic carbocycles. The molecule has 3 nitrogen and oxygen atoms in total. The van der Waals surface area contributed by atoms with E-state index in [1.807, 2.05) is 54.6 Å². The third kappa shape index (κ3) is 3.11. The second-order valence-electron chi connectivity index (χ2n) is 5.05. The van der Waals surface area contributed by atoms with E-state index >= 15 is 0 Å². The number of rotatable bonds is 4. The molecule has 1 heterocycles. The first-order valence-electron chi connectivity index (χ1n) is 7.02. The van der Waals surface area contributed by atoms with Gasteiger partial charge in [-0.1, -0.05) is 18.2 Å². The number of benzene rings is 2. The van der Waals surface area contributed by atoms with Crippen LogP contribution in [0.25, 0.3) is 0 Å². The third-order valence-corrected chi connectivity index (χ3v) is 3.56. The molecular weight excluding hydrogens is 250 g/mol. The van der Waals surface area contributed by atoms with Crippen LogP contribution >= 0.6 is 0 Å². The van der Waals surface area contributed by atoms with E-state index in [1.165, 1.54) is 0 Å². The number of anilines is 1. The maximum Gasteiger partial charge on any atom is 0.127 e. The molecule has 0 amide bonds. The molecule has 3 heteroatoms. The first-order valence-corrected chi connectivity index (χ1v) is 7.02. The van der Waals surface area contributed by atoms with Crippen molar-refractivity contribution in [3.63, 3.8) is 0 Å². The number of hydrogen-bond acceptors (Lipinski definition) is 3. The molecule has 1 fully saturated rings. The second kappa shape index (κ2) is 5.97. The summed E-state index contributed by atoms with van der Waals surface area (Å²) in [6.45, 7) is 2.95. The van der Waals surface area contributed by atoms with Gasteiger partial charge in [-0.2, -0.15) is 0 Å². The Morgan fingerprint density at radius 2 is 1.70 bits per heavy atom. The lowest BCUT2D eigenvalue weighted by atomic mass is 10.1. The molecule has 0 radical (unpaired) electrons. The molecule has 0 aromatic heterocycles. The highest BCUT2D eigenvalue weighted by molar-refractivity contribution is 5.48. The zero-order valence-corrected chi connectivity index (χ0v) is 11.6. The minimum absolute atomic E-state index is 0.273. The van der Waals surface area contributed by atoms with Crippen molar-refractivity contribution < 1.29 is 9.47 Å². The van der Waals surface area contributed by atoms with E-state index in [0.29, 0.717) is 6.04 Å². The van der Waals surface area contributed by atoms with Gasteiger partial charge in [0.1, 0.15) is 11.5 Å². The smallest absolute Gasteiger partial charge is 0.127 e. The Labute approximate surface area is 119 Å². The largest absolute Gasteiger partial charge is 0.457 e. The summed E-state index contributed by atoms with van der Waals surface area (Å²) in [5.74, 6) is 1.70. The van der Waals surface area contributed by atoms with Gasteiger partial charge in [-0.25, -0.2) is 0 Å². The Bertz CT molecular complexity index is 539. The lowest BCUT2D eigenvalue weighted by Gasteiger charge is -2.17. The number of para-hydroxylation sites is 1. The van der Waals surface area contributed by atoms with Gasteiger partial charge in [0.05, 0.1) is 12.1 Å². The summed E-state index contributed by atoms with van der Waals surface area (Å²) in [7, 11) is 0. The van der Waals surface area contributed by atoms with Gasteiger partial charge in [0.2, 0.25) is 0 Å². The molecule has 1 saturated heterocycles. The molecule has 0 saturated carbocycles. The topological polar surface area (TPSA) is 30.5 Å². The van der Waals surface area contributed by atoms with Crippen LogP contribution in [-0.2, 0) is 4.74 Å². The van der Waals surface area contributed by atoms with Crippen LogP contribution in [0.2, 0.25) is 0 Å². The minimum Gasteiger partial charge on any atom is -0.457 e. The molecule has 2 atom stereocenters. The van der Waals surface area contributed by atoms with Gasteiger partial charge in [-0.05, 0) is 49.7 Å². The van der Waals surface area contributed by atoms with E-state index in [9.17, 15) is 0 Å². The van der Waals surface area contributed by atoms with Crippen LogP contribution in [0, 0.1) is 0 Å². The molecule has 20 heavy (non-hydrogen) atoms. The molecule has 1 aliphatic rings. The van der Waals surface area contributed by atoms with Crippen molar-refractivity contribution in [3.05, 3.63) is 54.6 Å². The van der Waals surface area contributed by atoms with Crippen molar-refractivity contribution in [1.29, 1.82) is 0 Å². The van der Waals surface area contributed by atoms with Crippen LogP contribution in [0.1, 0.15) is 13.3 Å². The minimum atomic E-state index is 0.273. The molecule has 0 spiro atoms. The summed E-state index contributed by atoms with van der Waals surface area (Å²) in [6.07, 6.45) is 1.33. The van der Waals surface area contributed by atoms with E-state index in [-0.39, 0.29) is 6.10 Å². The molecule has 1 aliphatic heterocycles. The van der Waals surface area contributed by atoms with Gasteiger partial charge in [0.25, 0.3) is 0 Å². The van der Waals surface area contributed by atoms with E-state index in [1.54, 1.807) is 0 Å². The average molecular weight is 269 g/mol. The van der Waals surface area contributed by atoms with Crippen LogP contribution in [0.3, 0.4) is 0 Å². The fourth-order valence-electron chi connectivity index (χ4n) is 2.38. The zero-order chi connectivity index (χ0) is 13.8. The van der Waals surface area contributed by atoms with Crippen LogP contribution in [0.15, 0.2) is 54.6 Å². The van der Waals surface area contributed by atoms with Gasteiger partial charge < -0.3 is 14.8 Å². The summed E-state index contributed by atoms with van der Waals surface area (Å²) < 4.78 is 11.3. The van der Waals surface area contributed by atoms with Crippen LogP contribution in [-0.4, -0.2) is 18.8 Å². The van der Waals surface area contributed by atoms with Gasteiger partial charge in [0, 0.05) is 12.3 Å². The molecule has 2 unspecified atom stereocenters. The molecule has 0 aliphatic carbocycles. The van der Waals surface area contributed by atoms with Gasteiger partial charge in [-0.3, -0.25) is 0 Å². The molecule has 2 aromatic rings. The average Bonchev–Trinajstić information content (AvgIpc) is 2.88. The highest BCUT2D eigenvalue weighted by atomic mass is 16.5. The zero-order valence-electron chi connectivity index (χ0n) is 11.6. The van der Waals surface area contributed by atoms with E-state index in [4.69, 9.17) is 9.47 Å². The van der Waals surface area contributed by atoms with Crippen LogP contribution < -0.4 is 10.1 Å². The fourth-order valence-corrected chi connectivity index (χ4v) is 2.38. The second-order valence-corrected chi connectivity index (χ2v) is 5.05. The van der Waals surface area contributed by atoms with Crippen LogP contribution in [0.5, 0.6) is 11.5 Å². The lowest BCUT2D eigenvalue weighted by molar-refractivity contribution is 0.121. The molecular formula is C17H19NO2. The van der Waals surface area contributed by atoms with E-state index < -0.39 is 0 Å². The van der Waals surface area contributed by atoms with Gasteiger partial charge in [0.15, 0.2) is 0 Å². The van der Waals surface area contributed by atoms with Gasteiger partial charge >= 0.3 is 0 Å². The van der Waals surface area contributed by atoms with Crippen LogP contribution in [0.4, 0.5) is 5.69 Å². The first kappa shape index (κ1) is 13.0. The van der Waals surface area contributed by atoms with Crippen molar-refractivity contribution in [2.45, 2.75) is 25.5 Å². The maximum atomic E-state index is 5.77. The van der Waals surface area contributed by atoms with Gasteiger partial charge in [-0.15, -0.1) is 0 Å². The highest BCUT2D eigenvalue weighted by Gasteiger charge is 2.23. The Hall–Kier alpha value is -2.00. The highest BCUT2D eigenvalue weighted by Crippen LogP contribution is 2.24. The Morgan fingerprint density at radius 1 is 1.00 bits per heavy atom. The standard InChI is InChI=1S/C17H19NO2/c1-13-17(11-12-19-13)18-14-7-9-16(10-8-14)20-15-5-3-2-4-6-15/h2-10,13,17-18H,11-12H2,1H3. The van der Waals surface area contributed by atoms with Crippen molar-refractivity contribution in [3.8, 4) is 11.5 Å². The Morgan fingerprint density at radius 3 is 2.35 bits per heavy atom. The SMILES string of the molecule is CC1OCCC1Nc1ccc(Oc2ccccc2)cc1. The van der Waals surface area contributed by atoms with Crippen molar-refractivity contribution >= 4 is 5.69 Å². The lowest BCUT2D eigenvalue weighted by Crippen LogP contribution is -2.26. The predicted octanol–water partition coefficient (Wildman–Crippen LogP) is 4.07. The first-order chi connectivity index (χ1) is 9.81.